The molecule has 1 saturated heterocycles. The first-order valence-electron chi connectivity index (χ1n) is 9.22. The summed E-state index contributed by atoms with van der Waals surface area (Å²) in [6.45, 7) is 6.01. The number of halogens is 1. The zero-order valence-corrected chi connectivity index (χ0v) is 16.8. The van der Waals surface area contributed by atoms with Crippen molar-refractivity contribution in [2.75, 3.05) is 18.1 Å². The lowest BCUT2D eigenvalue weighted by atomic mass is 10.0. The normalized spacial score (nSPS) is 19.7. The van der Waals surface area contributed by atoms with Crippen molar-refractivity contribution in [2.45, 2.75) is 45.7 Å². The van der Waals surface area contributed by atoms with Crippen molar-refractivity contribution in [2.24, 2.45) is 5.92 Å². The van der Waals surface area contributed by atoms with Crippen molar-refractivity contribution < 1.29 is 22.4 Å². The van der Waals surface area contributed by atoms with Crippen LogP contribution in [0.25, 0.3) is 0 Å². The summed E-state index contributed by atoms with van der Waals surface area (Å²) >= 11 is 0. The minimum absolute atomic E-state index is 0.0323. The highest BCUT2D eigenvalue weighted by atomic mass is 32.2. The molecule has 2 amide bonds. The number of amides is 2. The number of hydrogen-bond donors (Lipinski definition) is 1. The second kappa shape index (κ2) is 8.82. The molecule has 1 heterocycles. The van der Waals surface area contributed by atoms with Crippen LogP contribution in [0, 0.1) is 11.7 Å². The highest BCUT2D eigenvalue weighted by Crippen LogP contribution is 2.20. The molecule has 27 heavy (non-hydrogen) atoms. The van der Waals surface area contributed by atoms with Crippen molar-refractivity contribution in [1.29, 1.82) is 0 Å². The van der Waals surface area contributed by atoms with E-state index in [1.54, 1.807) is 4.90 Å². The predicted octanol–water partition coefficient (Wildman–Crippen LogP) is 2.01. The molecular weight excluding hydrogens is 371 g/mol. The summed E-state index contributed by atoms with van der Waals surface area (Å²) in [5.41, 5.74) is 0.264. The Morgan fingerprint density at radius 1 is 1.26 bits per heavy atom. The van der Waals surface area contributed by atoms with Crippen molar-refractivity contribution in [3.63, 3.8) is 0 Å². The van der Waals surface area contributed by atoms with Gasteiger partial charge in [-0.05, 0) is 43.0 Å². The van der Waals surface area contributed by atoms with Crippen LogP contribution in [0.3, 0.4) is 0 Å². The average molecular weight is 399 g/mol. The molecule has 2 rings (SSSR count). The number of benzene rings is 1. The van der Waals surface area contributed by atoms with Gasteiger partial charge in [-0.25, -0.2) is 12.8 Å². The molecule has 1 fully saturated rings. The van der Waals surface area contributed by atoms with Crippen LogP contribution in [0.2, 0.25) is 0 Å². The molecule has 0 saturated carbocycles. The van der Waals surface area contributed by atoms with Gasteiger partial charge in [0.05, 0.1) is 11.5 Å². The first-order chi connectivity index (χ1) is 12.6. The van der Waals surface area contributed by atoms with E-state index in [0.29, 0.717) is 19.4 Å². The Morgan fingerprint density at radius 2 is 1.89 bits per heavy atom. The molecule has 1 N–H and O–H groups in total. The van der Waals surface area contributed by atoms with Crippen LogP contribution in [0.1, 0.15) is 44.0 Å². The molecule has 8 heteroatoms. The van der Waals surface area contributed by atoms with Crippen LogP contribution < -0.4 is 5.32 Å². The smallest absolute Gasteiger partial charge is 0.251 e. The number of hydrogen-bond acceptors (Lipinski definition) is 4. The highest BCUT2D eigenvalue weighted by molar-refractivity contribution is 7.91. The third kappa shape index (κ3) is 5.51. The minimum Gasteiger partial charge on any atom is -0.340 e. The van der Waals surface area contributed by atoms with E-state index in [1.165, 1.54) is 24.3 Å². The standard InChI is InChI=1S/C19H27FN2O4S/c1-4-10-22(16-9-11-27(25,26)12-16)19(24)17(13(2)3)21-18(23)14-5-7-15(20)8-6-14/h5-8,13,16-17H,4,9-12H2,1-3H3,(H,21,23)/t16-,17-/m1/s1. The molecule has 0 spiro atoms. The van der Waals surface area contributed by atoms with Gasteiger partial charge >= 0.3 is 0 Å². The number of carbonyl (C=O) groups excluding carboxylic acids is 2. The number of rotatable bonds is 7. The SMILES string of the molecule is CCCN(C(=O)[C@H](NC(=O)c1ccc(F)cc1)C(C)C)[C@@H]1CCS(=O)(=O)C1. The van der Waals surface area contributed by atoms with Gasteiger partial charge in [-0.2, -0.15) is 0 Å². The maximum Gasteiger partial charge on any atom is 0.251 e. The Bertz CT molecular complexity index is 777. The highest BCUT2D eigenvalue weighted by Gasteiger charge is 2.37. The van der Waals surface area contributed by atoms with Crippen molar-refractivity contribution >= 4 is 21.7 Å². The summed E-state index contributed by atoms with van der Waals surface area (Å²) in [6.07, 6.45) is 1.11. The van der Waals surface area contributed by atoms with E-state index in [0.717, 1.165) is 0 Å². The molecule has 150 valence electrons. The predicted molar refractivity (Wildman–Crippen MR) is 102 cm³/mol. The van der Waals surface area contributed by atoms with Crippen LogP contribution in [0.5, 0.6) is 0 Å². The average Bonchev–Trinajstić information content (AvgIpc) is 2.96. The molecule has 1 aliphatic rings. The van der Waals surface area contributed by atoms with Crippen LogP contribution in [-0.2, 0) is 14.6 Å². The van der Waals surface area contributed by atoms with Gasteiger partial charge < -0.3 is 10.2 Å². The van der Waals surface area contributed by atoms with Gasteiger partial charge in [-0.1, -0.05) is 20.8 Å². The molecule has 2 atom stereocenters. The Kier molecular flexibility index (Phi) is 6.97. The summed E-state index contributed by atoms with van der Waals surface area (Å²) in [5.74, 6) is -1.31. The fourth-order valence-electron chi connectivity index (χ4n) is 3.25. The Morgan fingerprint density at radius 3 is 2.37 bits per heavy atom. The summed E-state index contributed by atoms with van der Waals surface area (Å²) < 4.78 is 36.7. The molecule has 0 radical (unpaired) electrons. The van der Waals surface area contributed by atoms with Crippen LogP contribution in [-0.4, -0.2) is 55.3 Å². The molecule has 0 unspecified atom stereocenters. The van der Waals surface area contributed by atoms with Gasteiger partial charge in [0.15, 0.2) is 9.84 Å². The van der Waals surface area contributed by atoms with E-state index < -0.39 is 27.6 Å². The van der Waals surface area contributed by atoms with Gasteiger partial charge in [0, 0.05) is 18.2 Å². The second-order valence-electron chi connectivity index (χ2n) is 7.29. The quantitative estimate of drug-likeness (QED) is 0.762. The zero-order chi connectivity index (χ0) is 20.2. The first kappa shape index (κ1) is 21.3. The maximum absolute atomic E-state index is 13.2. The van der Waals surface area contributed by atoms with E-state index >= 15 is 0 Å². The molecule has 0 aromatic heterocycles. The maximum atomic E-state index is 13.2. The molecule has 1 aromatic rings. The topological polar surface area (TPSA) is 83.6 Å². The van der Waals surface area contributed by atoms with Crippen molar-refractivity contribution in [3.05, 3.63) is 35.6 Å². The summed E-state index contributed by atoms with van der Waals surface area (Å²) in [6, 6.07) is 3.96. The van der Waals surface area contributed by atoms with E-state index in [1.807, 2.05) is 20.8 Å². The Balaban J connectivity index is 2.18. The lowest BCUT2D eigenvalue weighted by Gasteiger charge is -2.33. The van der Waals surface area contributed by atoms with E-state index in [-0.39, 0.29) is 34.9 Å². The lowest BCUT2D eigenvalue weighted by Crippen LogP contribution is -2.54. The Labute approximate surface area is 160 Å². The molecule has 0 bridgehead atoms. The second-order valence-corrected chi connectivity index (χ2v) is 9.52. The molecule has 0 aliphatic carbocycles. The summed E-state index contributed by atoms with van der Waals surface area (Å²) in [4.78, 5) is 27.2. The number of sulfone groups is 1. The fourth-order valence-corrected chi connectivity index (χ4v) is 4.98. The van der Waals surface area contributed by atoms with E-state index in [4.69, 9.17) is 0 Å². The van der Waals surface area contributed by atoms with Gasteiger partial charge in [-0.15, -0.1) is 0 Å². The summed E-state index contributed by atoms with van der Waals surface area (Å²) in [7, 11) is -3.13. The van der Waals surface area contributed by atoms with E-state index in [9.17, 15) is 22.4 Å². The number of carbonyl (C=O) groups is 2. The molecular formula is C19H27FN2O4S. The van der Waals surface area contributed by atoms with Gasteiger partial charge in [0.1, 0.15) is 11.9 Å². The first-order valence-corrected chi connectivity index (χ1v) is 11.0. The minimum atomic E-state index is -3.13. The third-order valence-corrected chi connectivity index (χ3v) is 6.47. The molecule has 1 aromatic carbocycles. The lowest BCUT2D eigenvalue weighted by molar-refractivity contribution is -0.136. The van der Waals surface area contributed by atoms with Gasteiger partial charge in [-0.3, -0.25) is 9.59 Å². The van der Waals surface area contributed by atoms with Crippen LogP contribution in [0.15, 0.2) is 24.3 Å². The van der Waals surface area contributed by atoms with Crippen molar-refractivity contribution in [3.8, 4) is 0 Å². The van der Waals surface area contributed by atoms with Crippen molar-refractivity contribution in [1.82, 2.24) is 10.2 Å². The monoisotopic (exact) mass is 398 g/mol. The fraction of sp³-hybridized carbons (Fsp3) is 0.579. The van der Waals surface area contributed by atoms with Crippen LogP contribution in [0.4, 0.5) is 4.39 Å². The molecule has 1 aliphatic heterocycles. The van der Waals surface area contributed by atoms with E-state index in [2.05, 4.69) is 5.32 Å². The van der Waals surface area contributed by atoms with Crippen LogP contribution >= 0.6 is 0 Å². The number of nitrogens with zero attached hydrogens (tertiary/aromatic N) is 1. The van der Waals surface area contributed by atoms with Gasteiger partial charge in [0.2, 0.25) is 5.91 Å². The number of nitrogens with one attached hydrogen (secondary N) is 1. The molecule has 6 nitrogen and oxygen atoms in total. The third-order valence-electron chi connectivity index (χ3n) is 4.72. The zero-order valence-electron chi connectivity index (χ0n) is 15.9. The largest absolute Gasteiger partial charge is 0.340 e. The Hall–Kier alpha value is -1.96. The summed E-state index contributed by atoms with van der Waals surface area (Å²) in [5, 5.41) is 2.73. The van der Waals surface area contributed by atoms with Gasteiger partial charge in [0.25, 0.3) is 5.91 Å².